The summed E-state index contributed by atoms with van der Waals surface area (Å²) in [7, 11) is 0. The molecule has 0 fully saturated rings. The van der Waals surface area contributed by atoms with Gasteiger partial charge in [0.05, 0.1) is 5.52 Å². The smallest absolute Gasteiger partial charge is 0.0751 e. The van der Waals surface area contributed by atoms with E-state index in [4.69, 9.17) is 0 Å². The van der Waals surface area contributed by atoms with E-state index in [1.807, 2.05) is 12.3 Å². The van der Waals surface area contributed by atoms with E-state index in [-0.39, 0.29) is 0 Å². The van der Waals surface area contributed by atoms with Crippen LogP contribution in [0.15, 0.2) is 54.9 Å². The third-order valence-corrected chi connectivity index (χ3v) is 3.88. The molecule has 21 heavy (non-hydrogen) atoms. The molecule has 0 spiro atoms. The van der Waals surface area contributed by atoms with Gasteiger partial charge in [-0.15, -0.1) is 0 Å². The lowest BCUT2D eigenvalue weighted by Gasteiger charge is -2.17. The van der Waals surface area contributed by atoms with Gasteiger partial charge in [0.2, 0.25) is 0 Å². The van der Waals surface area contributed by atoms with Crippen molar-refractivity contribution in [1.82, 2.24) is 14.9 Å². The number of rotatable bonds is 5. The van der Waals surface area contributed by atoms with Gasteiger partial charge < -0.3 is 9.88 Å². The Morgan fingerprint density at radius 1 is 1.14 bits per heavy atom. The van der Waals surface area contributed by atoms with Crippen LogP contribution in [0.1, 0.15) is 31.1 Å². The van der Waals surface area contributed by atoms with Crippen molar-refractivity contribution in [2.75, 3.05) is 6.54 Å². The number of fused-ring (bicyclic) bond motifs is 1. The lowest BCUT2D eigenvalue weighted by Crippen LogP contribution is -2.20. The minimum atomic E-state index is 0.355. The van der Waals surface area contributed by atoms with Crippen LogP contribution in [0.25, 0.3) is 10.9 Å². The molecule has 0 aliphatic heterocycles. The Bertz CT molecular complexity index is 725. The Kier molecular flexibility index (Phi) is 4.02. The summed E-state index contributed by atoms with van der Waals surface area (Å²) >= 11 is 0. The summed E-state index contributed by atoms with van der Waals surface area (Å²) in [5.41, 5.74) is 3.66. The molecule has 3 nitrogen and oxygen atoms in total. The van der Waals surface area contributed by atoms with E-state index in [0.717, 1.165) is 18.6 Å². The number of nitrogens with one attached hydrogen (secondary N) is 1. The van der Waals surface area contributed by atoms with Crippen LogP contribution in [0.3, 0.4) is 0 Å². The maximum Gasteiger partial charge on any atom is 0.0751 e. The summed E-state index contributed by atoms with van der Waals surface area (Å²) < 4.78 is 2.30. The quantitative estimate of drug-likeness (QED) is 0.770. The third kappa shape index (κ3) is 2.83. The Balaban J connectivity index is 1.94. The molecule has 0 amide bonds. The molecule has 2 aromatic heterocycles. The van der Waals surface area contributed by atoms with Crippen molar-refractivity contribution in [2.24, 2.45) is 0 Å². The minimum Gasteiger partial charge on any atom is -0.345 e. The number of para-hydroxylation sites is 1. The van der Waals surface area contributed by atoms with E-state index in [0.29, 0.717) is 6.04 Å². The predicted molar refractivity (Wildman–Crippen MR) is 87.4 cm³/mol. The van der Waals surface area contributed by atoms with Gasteiger partial charge in [-0.25, -0.2) is 0 Å². The van der Waals surface area contributed by atoms with Crippen LogP contribution in [0.2, 0.25) is 0 Å². The van der Waals surface area contributed by atoms with Crippen molar-refractivity contribution in [1.29, 1.82) is 0 Å². The summed E-state index contributed by atoms with van der Waals surface area (Å²) in [5, 5.41) is 4.67. The molecule has 0 saturated heterocycles. The second-order valence-corrected chi connectivity index (χ2v) is 5.33. The molecule has 0 saturated carbocycles. The summed E-state index contributed by atoms with van der Waals surface area (Å²) in [6, 6.07) is 15.1. The van der Waals surface area contributed by atoms with Gasteiger partial charge in [-0.05, 0) is 37.2 Å². The highest BCUT2D eigenvalue weighted by Gasteiger charge is 2.10. The number of nitrogens with zero attached hydrogens (tertiary/aromatic N) is 2. The van der Waals surface area contributed by atoms with Crippen molar-refractivity contribution in [3.05, 3.63) is 66.1 Å². The zero-order chi connectivity index (χ0) is 14.7. The highest BCUT2D eigenvalue weighted by atomic mass is 15.0. The van der Waals surface area contributed by atoms with Gasteiger partial charge in [0, 0.05) is 36.1 Å². The van der Waals surface area contributed by atoms with E-state index in [1.165, 1.54) is 16.6 Å². The van der Waals surface area contributed by atoms with Gasteiger partial charge in [0.25, 0.3) is 0 Å². The summed E-state index contributed by atoms with van der Waals surface area (Å²) in [4.78, 5) is 4.54. The first-order valence-electron chi connectivity index (χ1n) is 7.50. The average molecular weight is 279 g/mol. The first-order valence-corrected chi connectivity index (χ1v) is 7.50. The second kappa shape index (κ2) is 6.10. The second-order valence-electron chi connectivity index (χ2n) is 5.33. The molecule has 3 heteroatoms. The molecule has 2 heterocycles. The molecule has 1 N–H and O–H groups in total. The van der Waals surface area contributed by atoms with Crippen LogP contribution in [-0.4, -0.2) is 16.1 Å². The average Bonchev–Trinajstić information content (AvgIpc) is 2.96. The first-order chi connectivity index (χ1) is 10.3. The van der Waals surface area contributed by atoms with Gasteiger partial charge >= 0.3 is 0 Å². The molecule has 0 aliphatic carbocycles. The van der Waals surface area contributed by atoms with Crippen LogP contribution in [0.5, 0.6) is 0 Å². The number of aromatic nitrogens is 2. The summed E-state index contributed by atoms with van der Waals surface area (Å²) in [6.45, 7) is 6.17. The number of hydrogen-bond donors (Lipinski definition) is 1. The van der Waals surface area contributed by atoms with Crippen LogP contribution >= 0.6 is 0 Å². The maximum absolute atomic E-state index is 4.54. The van der Waals surface area contributed by atoms with E-state index in [2.05, 4.69) is 71.3 Å². The Labute approximate surface area is 125 Å². The predicted octanol–water partition coefficient (Wildman–Crippen LogP) is 3.76. The highest BCUT2D eigenvalue weighted by Crippen LogP contribution is 2.20. The third-order valence-electron chi connectivity index (χ3n) is 3.88. The molecular formula is C18H21N3. The molecular weight excluding hydrogens is 258 g/mol. The van der Waals surface area contributed by atoms with Crippen LogP contribution in [0.4, 0.5) is 0 Å². The Morgan fingerprint density at radius 2 is 2.00 bits per heavy atom. The molecule has 1 aromatic carbocycles. The molecule has 1 atom stereocenters. The summed E-state index contributed by atoms with van der Waals surface area (Å²) in [6.07, 6.45) is 4.01. The Hall–Kier alpha value is -2.13. The van der Waals surface area contributed by atoms with Crippen molar-refractivity contribution in [3.8, 4) is 0 Å². The molecule has 0 radical (unpaired) electrons. The fraction of sp³-hybridized carbons (Fsp3) is 0.278. The topological polar surface area (TPSA) is 29.9 Å². The standard InChI is InChI=1S/C18H21N3/c1-3-19-14(2)17-10-6-12-21(17)13-16-8-4-7-15-9-5-11-20-18(15)16/h4-12,14,19H,3,13H2,1-2H3. The molecule has 1 unspecified atom stereocenters. The highest BCUT2D eigenvalue weighted by molar-refractivity contribution is 5.81. The van der Waals surface area contributed by atoms with E-state index < -0.39 is 0 Å². The number of pyridine rings is 1. The van der Waals surface area contributed by atoms with E-state index in [1.54, 1.807) is 0 Å². The van der Waals surface area contributed by atoms with Gasteiger partial charge in [-0.3, -0.25) is 4.98 Å². The Morgan fingerprint density at radius 3 is 2.86 bits per heavy atom. The zero-order valence-electron chi connectivity index (χ0n) is 12.6. The molecule has 3 aromatic rings. The van der Waals surface area contributed by atoms with Crippen molar-refractivity contribution >= 4 is 10.9 Å². The van der Waals surface area contributed by atoms with Gasteiger partial charge in [-0.1, -0.05) is 31.2 Å². The first kappa shape index (κ1) is 13.8. The SMILES string of the molecule is CCNC(C)c1cccn1Cc1cccc2cccnc12. The number of hydrogen-bond acceptors (Lipinski definition) is 2. The van der Waals surface area contributed by atoms with Gasteiger partial charge in [0.15, 0.2) is 0 Å². The monoisotopic (exact) mass is 279 g/mol. The van der Waals surface area contributed by atoms with Gasteiger partial charge in [0.1, 0.15) is 0 Å². The number of benzene rings is 1. The van der Waals surface area contributed by atoms with Crippen molar-refractivity contribution < 1.29 is 0 Å². The lowest BCUT2D eigenvalue weighted by atomic mass is 10.1. The zero-order valence-corrected chi connectivity index (χ0v) is 12.6. The van der Waals surface area contributed by atoms with Crippen LogP contribution in [0, 0.1) is 0 Å². The fourth-order valence-corrected chi connectivity index (χ4v) is 2.85. The molecule has 108 valence electrons. The molecule has 0 bridgehead atoms. The van der Waals surface area contributed by atoms with Crippen molar-refractivity contribution in [2.45, 2.75) is 26.4 Å². The molecule has 3 rings (SSSR count). The van der Waals surface area contributed by atoms with E-state index in [9.17, 15) is 0 Å². The summed E-state index contributed by atoms with van der Waals surface area (Å²) in [5.74, 6) is 0. The van der Waals surface area contributed by atoms with E-state index >= 15 is 0 Å². The normalized spacial score (nSPS) is 12.7. The fourth-order valence-electron chi connectivity index (χ4n) is 2.85. The maximum atomic E-state index is 4.54. The van der Waals surface area contributed by atoms with Gasteiger partial charge in [-0.2, -0.15) is 0 Å². The van der Waals surface area contributed by atoms with Crippen molar-refractivity contribution in [3.63, 3.8) is 0 Å². The van der Waals surface area contributed by atoms with Crippen LogP contribution in [-0.2, 0) is 6.54 Å². The minimum absolute atomic E-state index is 0.355. The van der Waals surface area contributed by atoms with Crippen LogP contribution < -0.4 is 5.32 Å². The largest absolute Gasteiger partial charge is 0.345 e. The molecule has 0 aliphatic rings. The lowest BCUT2D eigenvalue weighted by molar-refractivity contribution is 0.554.